The predicted molar refractivity (Wildman–Crippen MR) is 58.0 cm³/mol. The summed E-state index contributed by atoms with van der Waals surface area (Å²) >= 11 is 0. The molecule has 0 unspecified atom stereocenters. The number of nitrogens with one attached hydrogen (secondary N) is 1. The zero-order valence-electron chi connectivity index (χ0n) is 10.7. The van der Waals surface area contributed by atoms with Crippen LogP contribution < -0.4 is 24.2 Å². The maximum atomic E-state index is 3.86. The summed E-state index contributed by atoms with van der Waals surface area (Å²) < 4.78 is 0. The van der Waals surface area contributed by atoms with Crippen molar-refractivity contribution >= 4 is 0 Å². The fourth-order valence-corrected chi connectivity index (χ4v) is 2.87. The van der Waals surface area contributed by atoms with Gasteiger partial charge >= 0.3 is 18.9 Å². The number of hydrogen-bond donors (Lipinski definition) is 1. The zero-order valence-corrected chi connectivity index (χ0v) is 9.73. The van der Waals surface area contributed by atoms with Gasteiger partial charge < -0.3 is 6.74 Å². The predicted octanol–water partition coefficient (Wildman–Crippen LogP) is 0.358. The quantitative estimate of drug-likeness (QED) is 0.618. The zero-order chi connectivity index (χ0) is 8.93. The minimum absolute atomic E-state index is 0. The van der Waals surface area contributed by atoms with Crippen molar-refractivity contribution in [1.29, 1.82) is 0 Å². The molecule has 1 nitrogen and oxygen atoms in total. The van der Waals surface area contributed by atoms with Gasteiger partial charge in [-0.15, -0.1) is 0 Å². The van der Waals surface area contributed by atoms with Crippen LogP contribution >= 0.6 is 0 Å². The topological polar surface area (TPSA) is 12.0 Å². The Bertz CT molecular complexity index is 127. The number of hydrogen-bond acceptors (Lipinski definition) is 1. The van der Waals surface area contributed by atoms with Gasteiger partial charge in [0.15, 0.2) is 0 Å². The van der Waals surface area contributed by atoms with Gasteiger partial charge in [-0.05, 0) is 25.7 Å². The van der Waals surface area contributed by atoms with E-state index in [4.69, 9.17) is 0 Å². The molecule has 1 N–H and O–H groups in total. The first kappa shape index (κ1) is 12.6. The molecular weight excluding hydrogens is 165 g/mol. The van der Waals surface area contributed by atoms with E-state index in [0.717, 1.165) is 12.1 Å². The molecule has 2 rings (SSSR count). The van der Waals surface area contributed by atoms with Crippen LogP contribution in [0.25, 0.3) is 0 Å². The van der Waals surface area contributed by atoms with Crippen molar-refractivity contribution < 1.29 is 20.3 Å². The molecule has 2 aliphatic carbocycles. The first-order valence-electron chi connectivity index (χ1n) is 6.21. The van der Waals surface area contributed by atoms with Crippen molar-refractivity contribution in [3.05, 3.63) is 0 Å². The van der Waals surface area contributed by atoms with E-state index in [-0.39, 0.29) is 20.3 Å². The van der Waals surface area contributed by atoms with Gasteiger partial charge in [-0.25, -0.2) is 0 Å². The van der Waals surface area contributed by atoms with Crippen molar-refractivity contribution in [1.82, 2.24) is 5.32 Å². The van der Waals surface area contributed by atoms with Gasteiger partial charge in [0.2, 0.25) is 0 Å². The summed E-state index contributed by atoms with van der Waals surface area (Å²) in [6.07, 6.45) is 14.6. The van der Waals surface area contributed by atoms with Crippen LogP contribution in [0.1, 0.15) is 65.6 Å². The van der Waals surface area contributed by atoms with Crippen molar-refractivity contribution in [2.75, 3.05) is 0 Å². The molecule has 0 spiro atoms. The standard InChI is InChI=1S/C12H23N.Li.H/c1-3-7-11(8-4-1)13-12-9-5-2-6-10-12;;/h11-13H,1-10H2;;/q;+1;-1. The molecule has 78 valence electrons. The molecule has 0 aliphatic heterocycles. The first-order valence-corrected chi connectivity index (χ1v) is 6.21. The van der Waals surface area contributed by atoms with E-state index in [9.17, 15) is 0 Å². The van der Waals surface area contributed by atoms with Crippen molar-refractivity contribution in [2.45, 2.75) is 76.3 Å². The Hall–Kier alpha value is 0.557. The SMILES string of the molecule is C1CCC(NC2CCCCC2)CC1.[H-].[Li+]. The van der Waals surface area contributed by atoms with Gasteiger partial charge in [0.05, 0.1) is 0 Å². The first-order chi connectivity index (χ1) is 6.45. The fourth-order valence-electron chi connectivity index (χ4n) is 2.87. The van der Waals surface area contributed by atoms with Crippen LogP contribution in [-0.2, 0) is 0 Å². The van der Waals surface area contributed by atoms with Gasteiger partial charge in [0.25, 0.3) is 0 Å². The smallest absolute Gasteiger partial charge is 1.00 e. The molecule has 0 bridgehead atoms. The van der Waals surface area contributed by atoms with E-state index in [1.807, 2.05) is 0 Å². The third-order valence-electron chi connectivity index (χ3n) is 3.68. The summed E-state index contributed by atoms with van der Waals surface area (Å²) in [6, 6.07) is 1.74. The molecule has 0 heterocycles. The van der Waals surface area contributed by atoms with Crippen LogP contribution in [0.5, 0.6) is 0 Å². The van der Waals surface area contributed by atoms with E-state index in [2.05, 4.69) is 5.32 Å². The van der Waals surface area contributed by atoms with E-state index in [1.54, 1.807) is 0 Å². The minimum atomic E-state index is 0. The molecule has 0 radical (unpaired) electrons. The van der Waals surface area contributed by atoms with Crippen molar-refractivity contribution in [2.24, 2.45) is 0 Å². The van der Waals surface area contributed by atoms with E-state index >= 15 is 0 Å². The Labute approximate surface area is 102 Å². The Morgan fingerprint density at radius 1 is 0.643 bits per heavy atom. The van der Waals surface area contributed by atoms with Gasteiger partial charge in [-0.3, -0.25) is 0 Å². The second-order valence-corrected chi connectivity index (χ2v) is 4.84. The maximum Gasteiger partial charge on any atom is 1.00 e. The molecular formula is C12H24LiN. The molecule has 2 fully saturated rings. The number of rotatable bonds is 2. The second kappa shape index (κ2) is 6.94. The second-order valence-electron chi connectivity index (χ2n) is 4.84. The van der Waals surface area contributed by atoms with Gasteiger partial charge in [-0.1, -0.05) is 38.5 Å². The average molecular weight is 189 g/mol. The Morgan fingerprint density at radius 3 is 1.36 bits per heavy atom. The summed E-state index contributed by atoms with van der Waals surface area (Å²) in [6.45, 7) is 0. The Kier molecular flexibility index (Phi) is 6.25. The van der Waals surface area contributed by atoms with Crippen LogP contribution in [0, 0.1) is 0 Å². The van der Waals surface area contributed by atoms with Crippen LogP contribution in [-0.4, -0.2) is 12.1 Å². The van der Waals surface area contributed by atoms with Crippen molar-refractivity contribution in [3.63, 3.8) is 0 Å². The summed E-state index contributed by atoms with van der Waals surface area (Å²) in [7, 11) is 0. The summed E-state index contributed by atoms with van der Waals surface area (Å²) in [5, 5.41) is 3.86. The van der Waals surface area contributed by atoms with E-state index in [0.29, 0.717) is 0 Å². The Balaban J connectivity index is 0.000000980. The van der Waals surface area contributed by atoms with E-state index < -0.39 is 0 Å². The van der Waals surface area contributed by atoms with Crippen LogP contribution in [0.2, 0.25) is 0 Å². The molecule has 14 heavy (non-hydrogen) atoms. The van der Waals surface area contributed by atoms with Crippen LogP contribution in [0.4, 0.5) is 0 Å². The summed E-state index contributed by atoms with van der Waals surface area (Å²) in [4.78, 5) is 0. The monoisotopic (exact) mass is 189 g/mol. The average Bonchev–Trinajstić information content (AvgIpc) is 2.21. The summed E-state index contributed by atoms with van der Waals surface area (Å²) in [5.74, 6) is 0. The third kappa shape index (κ3) is 3.97. The molecule has 0 amide bonds. The molecule has 0 aromatic heterocycles. The Morgan fingerprint density at radius 2 is 1.00 bits per heavy atom. The van der Waals surface area contributed by atoms with Gasteiger partial charge in [0.1, 0.15) is 0 Å². The van der Waals surface area contributed by atoms with Crippen LogP contribution in [0.15, 0.2) is 0 Å². The van der Waals surface area contributed by atoms with Gasteiger partial charge in [-0.2, -0.15) is 0 Å². The normalized spacial score (nSPS) is 25.7. The largest absolute Gasteiger partial charge is 1.00 e. The molecule has 0 atom stereocenters. The fraction of sp³-hybridized carbons (Fsp3) is 1.00. The molecule has 2 aliphatic rings. The molecule has 2 heteroatoms. The maximum absolute atomic E-state index is 3.86. The van der Waals surface area contributed by atoms with E-state index in [1.165, 1.54) is 64.2 Å². The third-order valence-corrected chi connectivity index (χ3v) is 3.68. The molecule has 0 aromatic rings. The molecule has 0 aromatic carbocycles. The minimum Gasteiger partial charge on any atom is -1.00 e. The van der Waals surface area contributed by atoms with Crippen molar-refractivity contribution in [3.8, 4) is 0 Å². The molecule has 2 saturated carbocycles. The summed E-state index contributed by atoms with van der Waals surface area (Å²) in [5.41, 5.74) is 0. The van der Waals surface area contributed by atoms with Gasteiger partial charge in [0, 0.05) is 12.1 Å². The van der Waals surface area contributed by atoms with Crippen LogP contribution in [0.3, 0.4) is 0 Å². The molecule has 0 saturated heterocycles.